The summed E-state index contributed by atoms with van der Waals surface area (Å²) in [7, 11) is 0. The number of hydrogen-bond donors (Lipinski definition) is 1. The Hall–Kier alpha value is -1.77. The Labute approximate surface area is 100 Å². The summed E-state index contributed by atoms with van der Waals surface area (Å²) >= 11 is 0. The molecule has 0 fully saturated rings. The summed E-state index contributed by atoms with van der Waals surface area (Å²) in [4.78, 5) is 0. The van der Waals surface area contributed by atoms with Crippen LogP contribution in [0.4, 0.5) is 10.1 Å². The molecule has 0 spiro atoms. The van der Waals surface area contributed by atoms with Crippen LogP contribution in [-0.4, -0.2) is 6.04 Å². The normalized spacial score (nSPS) is 12.4. The summed E-state index contributed by atoms with van der Waals surface area (Å²) in [5.74, 6) is 0.689. The average molecular weight is 233 g/mol. The van der Waals surface area contributed by atoms with Crippen LogP contribution >= 0.6 is 0 Å². The van der Waals surface area contributed by atoms with Crippen molar-refractivity contribution >= 4 is 5.69 Å². The predicted octanol–water partition coefficient (Wildman–Crippen LogP) is 3.77. The van der Waals surface area contributed by atoms with E-state index < -0.39 is 0 Å². The Balaban J connectivity index is 2.00. The molecule has 1 atom stereocenters. The van der Waals surface area contributed by atoms with Crippen LogP contribution < -0.4 is 5.32 Å². The Kier molecular flexibility index (Phi) is 3.47. The molecule has 1 N–H and O–H groups in total. The molecule has 3 heteroatoms. The van der Waals surface area contributed by atoms with E-state index in [-0.39, 0.29) is 11.9 Å². The fourth-order valence-electron chi connectivity index (χ4n) is 1.78. The molecule has 1 aromatic heterocycles. The number of nitrogens with one attached hydrogen (secondary N) is 1. The first-order valence-corrected chi connectivity index (χ1v) is 5.70. The van der Waals surface area contributed by atoms with Gasteiger partial charge in [-0.15, -0.1) is 0 Å². The van der Waals surface area contributed by atoms with Crippen molar-refractivity contribution in [3.05, 3.63) is 53.7 Å². The van der Waals surface area contributed by atoms with Gasteiger partial charge in [-0.05, 0) is 43.7 Å². The molecule has 1 heterocycles. The maximum atomic E-state index is 13.6. The van der Waals surface area contributed by atoms with Crippen LogP contribution in [0.2, 0.25) is 0 Å². The van der Waals surface area contributed by atoms with E-state index in [1.807, 2.05) is 32.0 Å². The van der Waals surface area contributed by atoms with E-state index in [9.17, 15) is 4.39 Å². The molecule has 2 nitrogen and oxygen atoms in total. The molecule has 0 saturated heterocycles. The van der Waals surface area contributed by atoms with Gasteiger partial charge in [-0.1, -0.05) is 6.07 Å². The Morgan fingerprint density at radius 1 is 1.35 bits per heavy atom. The summed E-state index contributed by atoms with van der Waals surface area (Å²) < 4.78 is 18.9. The smallest absolute Gasteiger partial charge is 0.146 e. The van der Waals surface area contributed by atoms with E-state index in [1.54, 1.807) is 12.3 Å². The topological polar surface area (TPSA) is 25.2 Å². The zero-order valence-electron chi connectivity index (χ0n) is 10.0. The monoisotopic (exact) mass is 233 g/mol. The van der Waals surface area contributed by atoms with Gasteiger partial charge >= 0.3 is 0 Å². The van der Waals surface area contributed by atoms with Gasteiger partial charge in [0.1, 0.15) is 11.6 Å². The number of hydrogen-bond acceptors (Lipinski definition) is 2. The van der Waals surface area contributed by atoms with E-state index in [4.69, 9.17) is 4.42 Å². The lowest BCUT2D eigenvalue weighted by Gasteiger charge is -2.14. The van der Waals surface area contributed by atoms with Gasteiger partial charge in [0, 0.05) is 12.5 Å². The molecule has 0 amide bonds. The summed E-state index contributed by atoms with van der Waals surface area (Å²) in [5, 5.41) is 3.14. The van der Waals surface area contributed by atoms with Crippen molar-refractivity contribution in [3.8, 4) is 0 Å². The van der Waals surface area contributed by atoms with Gasteiger partial charge in [0.15, 0.2) is 0 Å². The average Bonchev–Trinajstić information content (AvgIpc) is 2.75. The number of anilines is 1. The molecule has 0 aliphatic rings. The lowest BCUT2D eigenvalue weighted by Crippen LogP contribution is -2.18. The van der Waals surface area contributed by atoms with Crippen LogP contribution in [0.1, 0.15) is 18.2 Å². The first-order chi connectivity index (χ1) is 8.15. The highest BCUT2D eigenvalue weighted by molar-refractivity contribution is 5.46. The van der Waals surface area contributed by atoms with E-state index >= 15 is 0 Å². The summed E-state index contributed by atoms with van der Waals surface area (Å²) in [6.45, 7) is 3.88. The first kappa shape index (κ1) is 11.7. The Morgan fingerprint density at radius 3 is 2.82 bits per heavy atom. The third-order valence-electron chi connectivity index (χ3n) is 2.61. The van der Waals surface area contributed by atoms with Gasteiger partial charge in [-0.2, -0.15) is 0 Å². The molecule has 2 aromatic rings. The minimum atomic E-state index is -0.212. The fourth-order valence-corrected chi connectivity index (χ4v) is 1.78. The standard InChI is InChI=1S/C14H16FNO/c1-10-5-6-14(13(15)8-10)16-11(2)9-12-4-3-7-17-12/h3-8,11,16H,9H2,1-2H3. The number of rotatable bonds is 4. The summed E-state index contributed by atoms with van der Waals surface area (Å²) in [6, 6.07) is 9.09. The van der Waals surface area contributed by atoms with Crippen molar-refractivity contribution in [1.82, 2.24) is 0 Å². The second kappa shape index (κ2) is 5.04. The third-order valence-corrected chi connectivity index (χ3v) is 2.61. The van der Waals surface area contributed by atoms with E-state index in [0.29, 0.717) is 5.69 Å². The van der Waals surface area contributed by atoms with Crippen molar-refractivity contribution in [3.63, 3.8) is 0 Å². The van der Waals surface area contributed by atoms with Crippen LogP contribution in [0.5, 0.6) is 0 Å². The molecular formula is C14H16FNO. The van der Waals surface area contributed by atoms with E-state index in [0.717, 1.165) is 17.7 Å². The quantitative estimate of drug-likeness (QED) is 0.869. The maximum Gasteiger partial charge on any atom is 0.146 e. The SMILES string of the molecule is Cc1ccc(NC(C)Cc2ccco2)c(F)c1. The molecular weight excluding hydrogens is 217 g/mol. The second-order valence-corrected chi connectivity index (χ2v) is 4.31. The molecule has 1 aromatic carbocycles. The summed E-state index contributed by atoms with van der Waals surface area (Å²) in [5.41, 5.74) is 1.46. The van der Waals surface area contributed by atoms with Crippen LogP contribution in [0, 0.1) is 12.7 Å². The van der Waals surface area contributed by atoms with Gasteiger partial charge < -0.3 is 9.73 Å². The molecule has 90 valence electrons. The predicted molar refractivity (Wildman–Crippen MR) is 66.6 cm³/mol. The van der Waals surface area contributed by atoms with Crippen LogP contribution in [0.15, 0.2) is 41.0 Å². The van der Waals surface area contributed by atoms with Crippen molar-refractivity contribution in [2.45, 2.75) is 26.3 Å². The Bertz CT molecular complexity index is 479. The van der Waals surface area contributed by atoms with Crippen LogP contribution in [-0.2, 0) is 6.42 Å². The number of furan rings is 1. The largest absolute Gasteiger partial charge is 0.469 e. The van der Waals surface area contributed by atoms with Crippen molar-refractivity contribution in [1.29, 1.82) is 0 Å². The molecule has 0 saturated carbocycles. The fraction of sp³-hybridized carbons (Fsp3) is 0.286. The van der Waals surface area contributed by atoms with E-state index in [2.05, 4.69) is 5.32 Å². The molecule has 0 radical (unpaired) electrons. The second-order valence-electron chi connectivity index (χ2n) is 4.31. The zero-order valence-corrected chi connectivity index (χ0v) is 10.0. The minimum absolute atomic E-state index is 0.123. The highest BCUT2D eigenvalue weighted by Gasteiger charge is 2.08. The lowest BCUT2D eigenvalue weighted by atomic mass is 10.1. The van der Waals surface area contributed by atoms with Crippen molar-refractivity contribution < 1.29 is 8.81 Å². The number of aryl methyl sites for hydroxylation is 1. The Morgan fingerprint density at radius 2 is 2.18 bits per heavy atom. The first-order valence-electron chi connectivity index (χ1n) is 5.70. The molecule has 0 aliphatic heterocycles. The van der Waals surface area contributed by atoms with Gasteiger partial charge in [-0.3, -0.25) is 0 Å². The summed E-state index contributed by atoms with van der Waals surface area (Å²) in [6.07, 6.45) is 2.38. The molecule has 0 aliphatic carbocycles. The number of halogens is 1. The third kappa shape index (κ3) is 3.09. The van der Waals surface area contributed by atoms with Gasteiger partial charge in [0.05, 0.1) is 12.0 Å². The zero-order chi connectivity index (χ0) is 12.3. The van der Waals surface area contributed by atoms with Gasteiger partial charge in [-0.25, -0.2) is 4.39 Å². The van der Waals surface area contributed by atoms with Gasteiger partial charge in [0.25, 0.3) is 0 Å². The maximum absolute atomic E-state index is 13.6. The highest BCUT2D eigenvalue weighted by Crippen LogP contribution is 2.17. The lowest BCUT2D eigenvalue weighted by molar-refractivity contribution is 0.497. The van der Waals surface area contributed by atoms with Gasteiger partial charge in [0.2, 0.25) is 0 Å². The van der Waals surface area contributed by atoms with Crippen LogP contribution in [0.25, 0.3) is 0 Å². The molecule has 17 heavy (non-hydrogen) atoms. The van der Waals surface area contributed by atoms with E-state index in [1.165, 1.54) is 6.07 Å². The molecule has 1 unspecified atom stereocenters. The minimum Gasteiger partial charge on any atom is -0.469 e. The molecule has 0 bridgehead atoms. The van der Waals surface area contributed by atoms with Crippen LogP contribution in [0.3, 0.4) is 0 Å². The molecule has 2 rings (SSSR count). The number of benzene rings is 1. The van der Waals surface area contributed by atoms with Crippen molar-refractivity contribution in [2.24, 2.45) is 0 Å². The van der Waals surface area contributed by atoms with Crippen molar-refractivity contribution in [2.75, 3.05) is 5.32 Å². The highest BCUT2D eigenvalue weighted by atomic mass is 19.1.